The summed E-state index contributed by atoms with van der Waals surface area (Å²) in [5.41, 5.74) is 3.97. The normalized spacial score (nSPS) is 19.8. The van der Waals surface area contributed by atoms with E-state index in [0.717, 1.165) is 37.1 Å². The second-order valence-electron chi connectivity index (χ2n) is 6.86. The summed E-state index contributed by atoms with van der Waals surface area (Å²) in [4.78, 5) is 13.6. The van der Waals surface area contributed by atoms with E-state index in [1.807, 2.05) is 18.2 Å². The Balaban J connectivity index is 1.72. The highest BCUT2D eigenvalue weighted by Crippen LogP contribution is 2.26. The molecule has 0 radical (unpaired) electrons. The second-order valence-corrected chi connectivity index (χ2v) is 6.86. The molecule has 1 aromatic rings. The third-order valence-corrected chi connectivity index (χ3v) is 5.02. The summed E-state index contributed by atoms with van der Waals surface area (Å²) in [5, 5.41) is 18.2. The van der Waals surface area contributed by atoms with Gasteiger partial charge in [-0.15, -0.1) is 0 Å². The highest BCUT2D eigenvalue weighted by Gasteiger charge is 2.15. The van der Waals surface area contributed by atoms with E-state index in [4.69, 9.17) is 10.4 Å². The van der Waals surface area contributed by atoms with Gasteiger partial charge in [0.15, 0.2) is 0 Å². The van der Waals surface area contributed by atoms with Crippen molar-refractivity contribution in [3.8, 4) is 6.07 Å². The molecule has 1 aliphatic heterocycles. The molecule has 1 N–H and O–H groups in total. The number of nitrogens with zero attached hydrogens (tertiary/aromatic N) is 2. The van der Waals surface area contributed by atoms with Crippen LogP contribution in [0.2, 0.25) is 0 Å². The third kappa shape index (κ3) is 4.43. The Morgan fingerprint density at radius 2 is 1.77 bits per heavy atom. The van der Waals surface area contributed by atoms with E-state index in [2.05, 4.69) is 35.2 Å². The van der Waals surface area contributed by atoms with Gasteiger partial charge in [0.2, 0.25) is 0 Å². The summed E-state index contributed by atoms with van der Waals surface area (Å²) < 4.78 is 0. The number of benzene rings is 1. The molecule has 1 aromatic carbocycles. The van der Waals surface area contributed by atoms with E-state index < -0.39 is 5.97 Å². The molecule has 1 heterocycles. The fraction of sp³-hybridized carbons (Fsp3) is 0.364. The molecule has 4 nitrogen and oxygen atoms in total. The number of nitriles is 1. The molecule has 1 saturated heterocycles. The second kappa shape index (κ2) is 8.53. The molecule has 0 aromatic heterocycles. The molecule has 4 heteroatoms. The lowest BCUT2D eigenvalue weighted by atomic mass is 9.91. The fourth-order valence-electron chi connectivity index (χ4n) is 3.59. The molecule has 1 aliphatic carbocycles. The predicted molar refractivity (Wildman–Crippen MR) is 104 cm³/mol. The van der Waals surface area contributed by atoms with Crippen molar-refractivity contribution in [3.63, 3.8) is 0 Å². The van der Waals surface area contributed by atoms with Crippen LogP contribution in [0.4, 0.5) is 5.69 Å². The third-order valence-electron chi connectivity index (χ3n) is 5.02. The van der Waals surface area contributed by atoms with Crippen molar-refractivity contribution in [3.05, 3.63) is 58.7 Å². The number of carboxylic acid groups (broad SMARTS) is 1. The monoisotopic (exact) mass is 348 g/mol. The van der Waals surface area contributed by atoms with E-state index in [9.17, 15) is 4.79 Å². The lowest BCUT2D eigenvalue weighted by Gasteiger charge is -2.28. The van der Waals surface area contributed by atoms with E-state index in [1.165, 1.54) is 24.9 Å². The zero-order chi connectivity index (χ0) is 18.4. The Morgan fingerprint density at radius 1 is 1.04 bits per heavy atom. The van der Waals surface area contributed by atoms with Gasteiger partial charge in [-0.1, -0.05) is 30.4 Å². The van der Waals surface area contributed by atoms with Gasteiger partial charge in [0.05, 0.1) is 0 Å². The van der Waals surface area contributed by atoms with Crippen molar-refractivity contribution < 1.29 is 9.90 Å². The van der Waals surface area contributed by atoms with Crippen molar-refractivity contribution >= 4 is 17.7 Å². The average molecular weight is 348 g/mol. The van der Waals surface area contributed by atoms with Gasteiger partial charge in [0, 0.05) is 18.8 Å². The maximum Gasteiger partial charge on any atom is 0.346 e. The molecule has 0 unspecified atom stereocenters. The number of carbonyl (C=O) groups is 1. The van der Waals surface area contributed by atoms with Crippen LogP contribution in [0.15, 0.2) is 53.1 Å². The quantitative estimate of drug-likeness (QED) is 0.632. The molecule has 0 bridgehead atoms. The van der Waals surface area contributed by atoms with Gasteiger partial charge in [0.1, 0.15) is 11.6 Å². The molecule has 26 heavy (non-hydrogen) atoms. The first kappa shape index (κ1) is 18.0. The first-order valence-electron chi connectivity index (χ1n) is 9.27. The number of aliphatic carboxylic acids is 1. The summed E-state index contributed by atoms with van der Waals surface area (Å²) in [5.74, 6) is -1.14. The standard InChI is InChI=1S/C22H24N2O2/c23-16-21(22(25)26)19-6-4-5-18(15-19)8-7-17-9-11-20(12-10-17)24-13-2-1-3-14-24/h7-12,15H,1-6,13-14H2,(H,25,26)/b8-7+,21-19+. The van der Waals surface area contributed by atoms with Crippen molar-refractivity contribution in [2.24, 2.45) is 0 Å². The van der Waals surface area contributed by atoms with Crippen LogP contribution in [0.5, 0.6) is 0 Å². The van der Waals surface area contributed by atoms with Crippen LogP contribution < -0.4 is 4.90 Å². The van der Waals surface area contributed by atoms with E-state index in [1.54, 1.807) is 0 Å². The average Bonchev–Trinajstić information content (AvgIpc) is 2.68. The molecule has 3 rings (SSSR count). The van der Waals surface area contributed by atoms with Crippen molar-refractivity contribution in [1.82, 2.24) is 0 Å². The van der Waals surface area contributed by atoms with Crippen LogP contribution in [-0.2, 0) is 4.79 Å². The number of anilines is 1. The zero-order valence-corrected chi connectivity index (χ0v) is 14.9. The van der Waals surface area contributed by atoms with Crippen molar-refractivity contribution in [2.45, 2.75) is 38.5 Å². The van der Waals surface area contributed by atoms with Crippen molar-refractivity contribution in [1.29, 1.82) is 5.26 Å². The van der Waals surface area contributed by atoms with Gasteiger partial charge in [-0.2, -0.15) is 5.26 Å². The number of allylic oxidation sites excluding steroid dienone is 4. The van der Waals surface area contributed by atoms with Crippen LogP contribution >= 0.6 is 0 Å². The summed E-state index contributed by atoms with van der Waals surface area (Å²) >= 11 is 0. The Morgan fingerprint density at radius 3 is 2.42 bits per heavy atom. The summed E-state index contributed by atoms with van der Waals surface area (Å²) in [6, 6.07) is 10.4. The number of hydrogen-bond donors (Lipinski definition) is 1. The minimum Gasteiger partial charge on any atom is -0.477 e. The summed E-state index contributed by atoms with van der Waals surface area (Å²) in [6.45, 7) is 2.28. The van der Waals surface area contributed by atoms with Gasteiger partial charge in [-0.05, 0) is 67.4 Å². The maximum atomic E-state index is 11.1. The van der Waals surface area contributed by atoms with Gasteiger partial charge >= 0.3 is 5.97 Å². The minimum absolute atomic E-state index is 0.138. The molecular formula is C22H24N2O2. The lowest BCUT2D eigenvalue weighted by Crippen LogP contribution is -2.29. The highest BCUT2D eigenvalue weighted by atomic mass is 16.4. The molecule has 0 atom stereocenters. The van der Waals surface area contributed by atoms with Crippen LogP contribution in [-0.4, -0.2) is 24.2 Å². The summed E-state index contributed by atoms with van der Waals surface area (Å²) in [7, 11) is 0. The number of hydrogen-bond acceptors (Lipinski definition) is 3. The Bertz CT molecular complexity index is 788. The Labute approximate surface area is 154 Å². The predicted octanol–water partition coefficient (Wildman–Crippen LogP) is 4.71. The van der Waals surface area contributed by atoms with Crippen LogP contribution in [0.25, 0.3) is 6.08 Å². The lowest BCUT2D eigenvalue weighted by molar-refractivity contribution is -0.132. The van der Waals surface area contributed by atoms with Crippen LogP contribution in [0.1, 0.15) is 44.1 Å². The van der Waals surface area contributed by atoms with Gasteiger partial charge in [-0.25, -0.2) is 4.79 Å². The SMILES string of the molecule is N#C/C(C(=O)O)=C1C=C(/C=C/c2ccc(N3CCCCC3)cc2)CCC\1. The van der Waals surface area contributed by atoms with Gasteiger partial charge in [-0.3, -0.25) is 0 Å². The molecule has 134 valence electrons. The molecular weight excluding hydrogens is 324 g/mol. The van der Waals surface area contributed by atoms with E-state index in [-0.39, 0.29) is 5.57 Å². The van der Waals surface area contributed by atoms with Crippen molar-refractivity contribution in [2.75, 3.05) is 18.0 Å². The number of piperidine rings is 1. The molecule has 0 spiro atoms. The largest absolute Gasteiger partial charge is 0.477 e. The molecule has 0 amide bonds. The number of rotatable bonds is 4. The highest BCUT2D eigenvalue weighted by molar-refractivity contribution is 5.92. The van der Waals surface area contributed by atoms with E-state index >= 15 is 0 Å². The Hall–Kier alpha value is -2.80. The zero-order valence-electron chi connectivity index (χ0n) is 14.9. The smallest absolute Gasteiger partial charge is 0.346 e. The molecule has 1 fully saturated rings. The first-order valence-corrected chi connectivity index (χ1v) is 9.27. The fourth-order valence-corrected chi connectivity index (χ4v) is 3.59. The van der Waals surface area contributed by atoms with Crippen LogP contribution in [0.3, 0.4) is 0 Å². The van der Waals surface area contributed by atoms with Gasteiger partial charge in [0.25, 0.3) is 0 Å². The minimum atomic E-state index is -1.14. The van der Waals surface area contributed by atoms with Crippen LogP contribution in [0, 0.1) is 11.3 Å². The first-order chi connectivity index (χ1) is 12.7. The molecule has 2 aliphatic rings. The molecule has 0 saturated carbocycles. The van der Waals surface area contributed by atoms with E-state index in [0.29, 0.717) is 12.0 Å². The topological polar surface area (TPSA) is 64.3 Å². The van der Waals surface area contributed by atoms with Gasteiger partial charge < -0.3 is 10.0 Å². The summed E-state index contributed by atoms with van der Waals surface area (Å²) in [6.07, 6.45) is 12.2. The number of carboxylic acids is 1. The maximum absolute atomic E-state index is 11.1. The Kier molecular flexibility index (Phi) is 5.91.